The fourth-order valence-corrected chi connectivity index (χ4v) is 2.83. The van der Waals surface area contributed by atoms with Crippen molar-refractivity contribution in [3.63, 3.8) is 0 Å². The van der Waals surface area contributed by atoms with Crippen molar-refractivity contribution in [3.05, 3.63) is 0 Å². The summed E-state index contributed by atoms with van der Waals surface area (Å²) >= 11 is 0. The Balaban J connectivity index is 2.00. The zero-order valence-corrected chi connectivity index (χ0v) is 10.4. The molecule has 17 heavy (non-hydrogen) atoms. The van der Waals surface area contributed by atoms with Crippen LogP contribution in [0, 0.1) is 0 Å². The first-order valence-electron chi connectivity index (χ1n) is 6.53. The highest BCUT2D eigenvalue weighted by Gasteiger charge is 2.35. The van der Waals surface area contributed by atoms with Gasteiger partial charge < -0.3 is 15.2 Å². The molecule has 2 heterocycles. The molecule has 2 rings (SSSR count). The number of nitrogens with one attached hydrogen (secondary N) is 1. The summed E-state index contributed by atoms with van der Waals surface area (Å²) in [4.78, 5) is 13.4. The minimum atomic E-state index is -0.711. The molecule has 0 aromatic carbocycles. The second-order valence-electron chi connectivity index (χ2n) is 4.88. The number of hydrogen-bond acceptors (Lipinski definition) is 4. The summed E-state index contributed by atoms with van der Waals surface area (Å²) in [6.45, 7) is 5.17. The van der Waals surface area contributed by atoms with Crippen LogP contribution in [0.5, 0.6) is 0 Å². The predicted molar refractivity (Wildman–Crippen MR) is 64.1 cm³/mol. The van der Waals surface area contributed by atoms with E-state index in [-0.39, 0.29) is 6.04 Å². The molecule has 0 saturated carbocycles. The van der Waals surface area contributed by atoms with Gasteiger partial charge in [0, 0.05) is 32.3 Å². The second kappa shape index (κ2) is 5.80. The number of carboxylic acids is 1. The third kappa shape index (κ3) is 2.97. The van der Waals surface area contributed by atoms with E-state index in [1.807, 2.05) is 0 Å². The molecule has 3 atom stereocenters. The molecular weight excluding hydrogens is 220 g/mol. The molecule has 2 aliphatic heterocycles. The third-order valence-electron chi connectivity index (χ3n) is 3.83. The standard InChI is InChI=1S/C12H22N2O3/c1-2-10-7-9(3-6-17-10)14-5-4-13-8-11(14)12(15)16/h9-11,13H,2-8H2,1H3,(H,15,16). The summed E-state index contributed by atoms with van der Waals surface area (Å²) in [6.07, 6.45) is 3.25. The molecule has 5 heteroatoms. The van der Waals surface area contributed by atoms with Gasteiger partial charge in [0.2, 0.25) is 0 Å². The van der Waals surface area contributed by atoms with Gasteiger partial charge in [0.25, 0.3) is 0 Å². The van der Waals surface area contributed by atoms with Crippen molar-refractivity contribution in [2.45, 2.75) is 44.4 Å². The summed E-state index contributed by atoms with van der Waals surface area (Å²) in [5, 5.41) is 12.4. The van der Waals surface area contributed by atoms with E-state index in [0.29, 0.717) is 18.7 Å². The highest BCUT2D eigenvalue weighted by atomic mass is 16.5. The average Bonchev–Trinajstić information content (AvgIpc) is 2.39. The number of rotatable bonds is 3. The number of nitrogens with zero attached hydrogens (tertiary/aromatic N) is 1. The molecule has 0 aromatic heterocycles. The van der Waals surface area contributed by atoms with Crippen LogP contribution in [0.2, 0.25) is 0 Å². The van der Waals surface area contributed by atoms with E-state index in [4.69, 9.17) is 4.74 Å². The Labute approximate surface area is 102 Å². The van der Waals surface area contributed by atoms with Crippen LogP contribution in [0.25, 0.3) is 0 Å². The molecule has 2 N–H and O–H groups in total. The van der Waals surface area contributed by atoms with Crippen LogP contribution in [-0.4, -0.2) is 60.4 Å². The van der Waals surface area contributed by atoms with Crippen molar-refractivity contribution in [3.8, 4) is 0 Å². The summed E-state index contributed by atoms with van der Waals surface area (Å²) in [7, 11) is 0. The van der Waals surface area contributed by atoms with E-state index >= 15 is 0 Å². The molecule has 5 nitrogen and oxygen atoms in total. The molecule has 2 saturated heterocycles. The highest BCUT2D eigenvalue weighted by Crippen LogP contribution is 2.23. The summed E-state index contributed by atoms with van der Waals surface area (Å²) in [5.74, 6) is -0.711. The van der Waals surface area contributed by atoms with E-state index < -0.39 is 5.97 Å². The molecular formula is C12H22N2O3. The van der Waals surface area contributed by atoms with E-state index in [1.54, 1.807) is 0 Å². The van der Waals surface area contributed by atoms with Crippen LogP contribution in [-0.2, 0) is 9.53 Å². The predicted octanol–water partition coefficient (Wildman–Crippen LogP) is 0.302. The van der Waals surface area contributed by atoms with Gasteiger partial charge in [-0.2, -0.15) is 0 Å². The molecule has 98 valence electrons. The largest absolute Gasteiger partial charge is 0.480 e. The van der Waals surface area contributed by atoms with Gasteiger partial charge in [-0.1, -0.05) is 6.92 Å². The molecule has 0 bridgehead atoms. The molecule has 3 unspecified atom stereocenters. The Bertz CT molecular complexity index is 272. The maximum Gasteiger partial charge on any atom is 0.322 e. The number of carboxylic acid groups (broad SMARTS) is 1. The number of ether oxygens (including phenoxy) is 1. The summed E-state index contributed by atoms with van der Waals surface area (Å²) < 4.78 is 5.65. The molecule has 0 amide bonds. The van der Waals surface area contributed by atoms with Crippen LogP contribution in [0.1, 0.15) is 26.2 Å². The third-order valence-corrected chi connectivity index (χ3v) is 3.83. The number of carbonyl (C=O) groups is 1. The Kier molecular flexibility index (Phi) is 4.36. The minimum Gasteiger partial charge on any atom is -0.480 e. The summed E-state index contributed by atoms with van der Waals surface area (Å²) in [6, 6.07) is 0.00116. The Hall–Kier alpha value is -0.650. The molecule has 0 spiro atoms. The second-order valence-corrected chi connectivity index (χ2v) is 4.88. The van der Waals surface area contributed by atoms with Crippen LogP contribution in [0.3, 0.4) is 0 Å². The van der Waals surface area contributed by atoms with Gasteiger partial charge in [-0.3, -0.25) is 9.69 Å². The Morgan fingerprint density at radius 3 is 3.12 bits per heavy atom. The smallest absolute Gasteiger partial charge is 0.322 e. The van der Waals surface area contributed by atoms with Crippen molar-refractivity contribution in [2.24, 2.45) is 0 Å². The Morgan fingerprint density at radius 2 is 2.41 bits per heavy atom. The lowest BCUT2D eigenvalue weighted by Crippen LogP contribution is -2.59. The molecule has 0 radical (unpaired) electrons. The zero-order valence-electron chi connectivity index (χ0n) is 10.4. The quantitative estimate of drug-likeness (QED) is 0.745. The van der Waals surface area contributed by atoms with Crippen LogP contribution >= 0.6 is 0 Å². The van der Waals surface area contributed by atoms with E-state index in [2.05, 4.69) is 17.1 Å². The van der Waals surface area contributed by atoms with Gasteiger partial charge in [0.1, 0.15) is 6.04 Å². The topological polar surface area (TPSA) is 61.8 Å². The van der Waals surface area contributed by atoms with Crippen molar-refractivity contribution < 1.29 is 14.6 Å². The van der Waals surface area contributed by atoms with Crippen molar-refractivity contribution in [2.75, 3.05) is 26.2 Å². The van der Waals surface area contributed by atoms with Crippen LogP contribution in [0.4, 0.5) is 0 Å². The fourth-order valence-electron chi connectivity index (χ4n) is 2.83. The minimum absolute atomic E-state index is 0.304. The summed E-state index contributed by atoms with van der Waals surface area (Å²) in [5.41, 5.74) is 0. The van der Waals surface area contributed by atoms with E-state index in [0.717, 1.165) is 39.0 Å². The van der Waals surface area contributed by atoms with Gasteiger partial charge in [-0.05, 0) is 19.3 Å². The lowest BCUT2D eigenvalue weighted by Gasteiger charge is -2.42. The maximum absolute atomic E-state index is 11.2. The lowest BCUT2D eigenvalue weighted by molar-refractivity contribution is -0.146. The van der Waals surface area contributed by atoms with Crippen LogP contribution < -0.4 is 5.32 Å². The normalized spacial score (nSPS) is 35.7. The molecule has 0 aliphatic carbocycles. The van der Waals surface area contributed by atoms with Crippen molar-refractivity contribution >= 4 is 5.97 Å². The number of piperazine rings is 1. The van der Waals surface area contributed by atoms with Gasteiger partial charge in [0.15, 0.2) is 0 Å². The molecule has 2 aliphatic rings. The van der Waals surface area contributed by atoms with Crippen LogP contribution in [0.15, 0.2) is 0 Å². The number of hydrogen-bond donors (Lipinski definition) is 2. The van der Waals surface area contributed by atoms with Crippen molar-refractivity contribution in [1.29, 1.82) is 0 Å². The average molecular weight is 242 g/mol. The van der Waals surface area contributed by atoms with E-state index in [1.165, 1.54) is 0 Å². The highest BCUT2D eigenvalue weighted by molar-refractivity contribution is 5.74. The van der Waals surface area contributed by atoms with Gasteiger partial charge >= 0.3 is 5.97 Å². The number of aliphatic carboxylic acids is 1. The fraction of sp³-hybridized carbons (Fsp3) is 0.917. The maximum atomic E-state index is 11.2. The SMILES string of the molecule is CCC1CC(N2CCNCC2C(=O)O)CCO1. The lowest BCUT2D eigenvalue weighted by atomic mass is 9.97. The van der Waals surface area contributed by atoms with Crippen molar-refractivity contribution in [1.82, 2.24) is 10.2 Å². The molecule has 0 aromatic rings. The monoisotopic (exact) mass is 242 g/mol. The zero-order chi connectivity index (χ0) is 12.3. The van der Waals surface area contributed by atoms with Gasteiger partial charge in [-0.15, -0.1) is 0 Å². The van der Waals surface area contributed by atoms with E-state index in [9.17, 15) is 9.90 Å². The first-order valence-corrected chi connectivity index (χ1v) is 6.53. The first-order chi connectivity index (χ1) is 8.22. The first kappa shape index (κ1) is 12.8. The van der Waals surface area contributed by atoms with Gasteiger partial charge in [0.05, 0.1) is 6.10 Å². The Morgan fingerprint density at radius 1 is 1.59 bits per heavy atom. The van der Waals surface area contributed by atoms with Gasteiger partial charge in [-0.25, -0.2) is 0 Å². The molecule has 2 fully saturated rings.